The number of nitrogens with one attached hydrogen (secondary N) is 3. The van der Waals surface area contributed by atoms with Crippen molar-refractivity contribution >= 4 is 38.2 Å². The second kappa shape index (κ2) is 9.25. The van der Waals surface area contributed by atoms with Crippen molar-refractivity contribution in [2.45, 2.75) is 11.3 Å². The van der Waals surface area contributed by atoms with Gasteiger partial charge in [-0.1, -0.05) is 30.3 Å². The molecule has 0 aliphatic heterocycles. The maximum absolute atomic E-state index is 13.0. The zero-order chi connectivity index (χ0) is 23.4. The first-order valence-corrected chi connectivity index (χ1v) is 11.6. The number of anilines is 2. The molecule has 0 aliphatic carbocycles. The molecule has 33 heavy (non-hydrogen) atoms. The quantitative estimate of drug-likeness (QED) is 0.362. The van der Waals surface area contributed by atoms with Crippen LogP contribution in [0.1, 0.15) is 5.56 Å². The summed E-state index contributed by atoms with van der Waals surface area (Å²) in [7, 11) is -1.04. The van der Waals surface area contributed by atoms with Crippen LogP contribution in [0.4, 0.5) is 11.4 Å². The minimum Gasteiger partial charge on any atom is -0.495 e. The monoisotopic (exact) mass is 465 g/mol. The van der Waals surface area contributed by atoms with Gasteiger partial charge in [0.15, 0.2) is 0 Å². The van der Waals surface area contributed by atoms with Crippen LogP contribution in [0.5, 0.6) is 11.5 Å². The number of hydrogen-bond acceptors (Lipinski definition) is 5. The number of carbonyl (C=O) groups excluding carboxylic acids is 1. The van der Waals surface area contributed by atoms with Gasteiger partial charge in [0.25, 0.3) is 10.0 Å². The summed E-state index contributed by atoms with van der Waals surface area (Å²) in [6.07, 6.45) is 1.91. The van der Waals surface area contributed by atoms with E-state index in [1.807, 2.05) is 24.3 Å². The minimum atomic E-state index is -3.95. The van der Waals surface area contributed by atoms with Crippen LogP contribution >= 0.6 is 0 Å². The smallest absolute Gasteiger partial charge is 0.262 e. The third-order valence-corrected chi connectivity index (χ3v) is 6.50. The zero-order valence-electron chi connectivity index (χ0n) is 18.1. The first kappa shape index (κ1) is 22.2. The normalized spacial score (nSPS) is 11.2. The summed E-state index contributed by atoms with van der Waals surface area (Å²) in [6, 6.07) is 18.7. The van der Waals surface area contributed by atoms with E-state index in [1.54, 1.807) is 30.5 Å². The number of carbonyl (C=O) groups is 1. The molecule has 4 aromatic rings. The number of methoxy groups -OCH3 is 2. The number of aromatic nitrogens is 1. The SMILES string of the molecule is COc1ccc(S(=O)(=O)Nc2ccccc2OC)cc1NC(=O)Cc1c[nH]c2ccccc12. The molecule has 0 fully saturated rings. The Morgan fingerprint density at radius 2 is 1.61 bits per heavy atom. The number of H-pyrrole nitrogens is 1. The molecule has 9 heteroatoms. The molecule has 170 valence electrons. The first-order valence-electron chi connectivity index (χ1n) is 10.1. The van der Waals surface area contributed by atoms with Crippen molar-refractivity contribution in [2.75, 3.05) is 24.3 Å². The van der Waals surface area contributed by atoms with Crippen LogP contribution in [0.25, 0.3) is 10.9 Å². The van der Waals surface area contributed by atoms with E-state index in [-0.39, 0.29) is 22.9 Å². The number of para-hydroxylation sites is 3. The molecule has 1 aromatic heterocycles. The van der Waals surface area contributed by atoms with Gasteiger partial charge in [-0.05, 0) is 42.0 Å². The van der Waals surface area contributed by atoms with Crippen molar-refractivity contribution < 1.29 is 22.7 Å². The van der Waals surface area contributed by atoms with Crippen molar-refractivity contribution in [3.8, 4) is 11.5 Å². The Morgan fingerprint density at radius 1 is 0.909 bits per heavy atom. The van der Waals surface area contributed by atoms with Gasteiger partial charge in [-0.25, -0.2) is 8.42 Å². The topological polar surface area (TPSA) is 110 Å². The van der Waals surface area contributed by atoms with Gasteiger partial charge in [0.05, 0.1) is 36.9 Å². The lowest BCUT2D eigenvalue weighted by Crippen LogP contribution is -2.17. The van der Waals surface area contributed by atoms with E-state index in [0.29, 0.717) is 17.2 Å². The molecule has 0 radical (unpaired) electrons. The Hall–Kier alpha value is -3.98. The van der Waals surface area contributed by atoms with Crippen LogP contribution in [0, 0.1) is 0 Å². The molecule has 8 nitrogen and oxygen atoms in total. The van der Waals surface area contributed by atoms with Crippen molar-refractivity contribution in [1.82, 2.24) is 4.98 Å². The second-order valence-corrected chi connectivity index (χ2v) is 8.93. The minimum absolute atomic E-state index is 0.0309. The van der Waals surface area contributed by atoms with Gasteiger partial charge in [0.2, 0.25) is 5.91 Å². The van der Waals surface area contributed by atoms with Crippen LogP contribution in [0.3, 0.4) is 0 Å². The molecule has 0 aliphatic rings. The Bertz CT molecular complexity index is 1410. The summed E-state index contributed by atoms with van der Waals surface area (Å²) >= 11 is 0. The number of sulfonamides is 1. The van der Waals surface area contributed by atoms with Crippen molar-refractivity contribution in [3.05, 3.63) is 78.5 Å². The second-order valence-electron chi connectivity index (χ2n) is 7.25. The van der Waals surface area contributed by atoms with E-state index in [4.69, 9.17) is 9.47 Å². The van der Waals surface area contributed by atoms with Crippen molar-refractivity contribution in [2.24, 2.45) is 0 Å². The molecule has 0 spiro atoms. The summed E-state index contributed by atoms with van der Waals surface area (Å²) in [5.41, 5.74) is 2.34. The van der Waals surface area contributed by atoms with Crippen LogP contribution in [-0.2, 0) is 21.2 Å². The third-order valence-electron chi connectivity index (χ3n) is 5.13. The van der Waals surface area contributed by atoms with Crippen LogP contribution < -0.4 is 19.5 Å². The molecule has 0 unspecified atom stereocenters. The summed E-state index contributed by atoms with van der Waals surface area (Å²) in [5.74, 6) is 0.436. The number of rotatable bonds is 8. The molecule has 0 saturated heterocycles. The maximum Gasteiger partial charge on any atom is 0.262 e. The zero-order valence-corrected chi connectivity index (χ0v) is 18.9. The highest BCUT2D eigenvalue weighted by Gasteiger charge is 2.20. The fourth-order valence-corrected chi connectivity index (χ4v) is 4.63. The van der Waals surface area contributed by atoms with Crippen LogP contribution in [-0.4, -0.2) is 33.5 Å². The highest BCUT2D eigenvalue weighted by molar-refractivity contribution is 7.92. The summed E-state index contributed by atoms with van der Waals surface area (Å²) in [6.45, 7) is 0. The van der Waals surface area contributed by atoms with Crippen LogP contribution in [0.2, 0.25) is 0 Å². The average Bonchev–Trinajstić information content (AvgIpc) is 3.22. The number of fused-ring (bicyclic) bond motifs is 1. The number of aromatic amines is 1. The van der Waals surface area contributed by atoms with E-state index >= 15 is 0 Å². The molecular formula is C24H23N3O5S. The lowest BCUT2D eigenvalue weighted by Gasteiger charge is -2.14. The van der Waals surface area contributed by atoms with Gasteiger partial charge in [-0.3, -0.25) is 9.52 Å². The molecule has 3 N–H and O–H groups in total. The molecular weight excluding hydrogens is 442 g/mol. The summed E-state index contributed by atoms with van der Waals surface area (Å²) < 4.78 is 39.0. The van der Waals surface area contributed by atoms with E-state index in [1.165, 1.54) is 32.4 Å². The Morgan fingerprint density at radius 3 is 2.39 bits per heavy atom. The molecule has 1 heterocycles. The molecule has 4 rings (SSSR count). The van der Waals surface area contributed by atoms with E-state index in [9.17, 15) is 13.2 Å². The Kier molecular flexibility index (Phi) is 6.23. The third kappa shape index (κ3) is 4.78. The lowest BCUT2D eigenvalue weighted by molar-refractivity contribution is -0.115. The van der Waals surface area contributed by atoms with E-state index in [0.717, 1.165) is 16.5 Å². The predicted octanol–water partition coefficient (Wildman–Crippen LogP) is 4.17. The standard InChI is InChI=1S/C24H23N3O5S/c1-31-22-10-6-5-9-20(22)27-33(29,30)17-11-12-23(32-2)21(14-17)26-24(28)13-16-15-25-19-8-4-3-7-18(16)19/h3-12,14-15,25,27H,13H2,1-2H3,(H,26,28). The number of ether oxygens (including phenoxy) is 2. The summed E-state index contributed by atoms with van der Waals surface area (Å²) in [4.78, 5) is 15.9. The van der Waals surface area contributed by atoms with Gasteiger partial charge in [-0.15, -0.1) is 0 Å². The molecule has 0 saturated carbocycles. The maximum atomic E-state index is 13.0. The van der Waals surface area contributed by atoms with Gasteiger partial charge in [-0.2, -0.15) is 0 Å². The molecule has 1 amide bonds. The number of hydrogen-bond donors (Lipinski definition) is 3. The summed E-state index contributed by atoms with van der Waals surface area (Å²) in [5, 5.41) is 3.72. The molecule has 3 aromatic carbocycles. The highest BCUT2D eigenvalue weighted by atomic mass is 32.2. The van der Waals surface area contributed by atoms with Gasteiger partial charge in [0.1, 0.15) is 11.5 Å². The number of amides is 1. The van der Waals surface area contributed by atoms with Crippen molar-refractivity contribution in [1.29, 1.82) is 0 Å². The van der Waals surface area contributed by atoms with Gasteiger partial charge in [0, 0.05) is 17.1 Å². The lowest BCUT2D eigenvalue weighted by atomic mass is 10.1. The largest absolute Gasteiger partial charge is 0.495 e. The Balaban J connectivity index is 1.58. The fourth-order valence-electron chi connectivity index (χ4n) is 3.53. The fraction of sp³-hybridized carbons (Fsp3) is 0.125. The van der Waals surface area contributed by atoms with Gasteiger partial charge >= 0.3 is 0 Å². The van der Waals surface area contributed by atoms with Gasteiger partial charge < -0.3 is 19.8 Å². The van der Waals surface area contributed by atoms with Crippen LogP contribution in [0.15, 0.2) is 77.8 Å². The highest BCUT2D eigenvalue weighted by Crippen LogP contribution is 2.31. The number of benzene rings is 3. The molecule has 0 atom stereocenters. The van der Waals surface area contributed by atoms with Crippen molar-refractivity contribution in [3.63, 3.8) is 0 Å². The van der Waals surface area contributed by atoms with E-state index < -0.39 is 10.0 Å². The first-order chi connectivity index (χ1) is 15.9. The average molecular weight is 466 g/mol. The predicted molar refractivity (Wildman–Crippen MR) is 127 cm³/mol. The molecule has 0 bridgehead atoms. The Labute approximate surface area is 191 Å². The van der Waals surface area contributed by atoms with E-state index in [2.05, 4.69) is 15.0 Å².